The van der Waals surface area contributed by atoms with Crippen LogP contribution in [0.5, 0.6) is 11.5 Å². The molecular formula is C19H17NO7. The molecule has 0 aromatic heterocycles. The zero-order valence-electron chi connectivity index (χ0n) is 14.7. The third kappa shape index (κ3) is 4.00. The third-order valence-corrected chi connectivity index (χ3v) is 3.85. The second kappa shape index (κ2) is 7.77. The first-order valence-corrected chi connectivity index (χ1v) is 8.08. The zero-order chi connectivity index (χ0) is 19.4. The Labute approximate surface area is 155 Å². The van der Waals surface area contributed by atoms with Crippen LogP contribution in [0.2, 0.25) is 0 Å². The number of carbonyl (C=O) groups is 3. The molecule has 8 nitrogen and oxygen atoms in total. The highest BCUT2D eigenvalue weighted by molar-refractivity contribution is 6.04. The number of hydrogen-bond acceptors (Lipinski definition) is 7. The van der Waals surface area contributed by atoms with Crippen LogP contribution in [0.15, 0.2) is 42.5 Å². The Morgan fingerprint density at radius 3 is 2.37 bits per heavy atom. The molecule has 0 saturated heterocycles. The van der Waals surface area contributed by atoms with Crippen LogP contribution in [0.1, 0.15) is 27.6 Å². The van der Waals surface area contributed by atoms with Gasteiger partial charge in [-0.15, -0.1) is 0 Å². The molecule has 27 heavy (non-hydrogen) atoms. The summed E-state index contributed by atoms with van der Waals surface area (Å²) < 4.78 is 20.3. The van der Waals surface area contributed by atoms with E-state index in [1.54, 1.807) is 30.3 Å². The Balaban J connectivity index is 1.66. The Morgan fingerprint density at radius 1 is 1.00 bits per heavy atom. The summed E-state index contributed by atoms with van der Waals surface area (Å²) in [7, 11) is 1.21. The van der Waals surface area contributed by atoms with Gasteiger partial charge in [0.2, 0.25) is 6.79 Å². The van der Waals surface area contributed by atoms with E-state index in [4.69, 9.17) is 14.2 Å². The van der Waals surface area contributed by atoms with Gasteiger partial charge in [-0.25, -0.2) is 9.59 Å². The lowest BCUT2D eigenvalue weighted by Gasteiger charge is -2.15. The molecule has 0 bridgehead atoms. The summed E-state index contributed by atoms with van der Waals surface area (Å²) in [5.41, 5.74) is 0.558. The fraction of sp³-hybridized carbons (Fsp3) is 0.211. The van der Waals surface area contributed by atoms with Crippen LogP contribution in [0, 0.1) is 0 Å². The molecule has 1 heterocycles. The molecule has 0 aliphatic carbocycles. The SMILES string of the molecule is COC(=O)c1ccccc1C(=O)OC(C)C(=O)Nc1ccc2c(c1)OCO2. The first kappa shape index (κ1) is 18.2. The van der Waals surface area contributed by atoms with Crippen molar-refractivity contribution in [2.75, 3.05) is 19.2 Å². The number of ether oxygens (including phenoxy) is 4. The van der Waals surface area contributed by atoms with Gasteiger partial charge in [-0.05, 0) is 31.2 Å². The summed E-state index contributed by atoms with van der Waals surface area (Å²) >= 11 is 0. The van der Waals surface area contributed by atoms with E-state index in [1.165, 1.54) is 26.2 Å². The van der Waals surface area contributed by atoms with Crippen molar-refractivity contribution in [3.05, 3.63) is 53.6 Å². The minimum Gasteiger partial charge on any atom is -0.465 e. The molecular weight excluding hydrogens is 354 g/mol. The van der Waals surface area contributed by atoms with E-state index in [2.05, 4.69) is 10.1 Å². The van der Waals surface area contributed by atoms with Crippen molar-refractivity contribution < 1.29 is 33.3 Å². The standard InChI is InChI=1S/C19H17NO7/c1-11(17(21)20-12-7-8-15-16(9-12)26-10-25-15)27-19(23)14-6-4-3-5-13(14)18(22)24-2/h3-9,11H,10H2,1-2H3,(H,20,21). The lowest BCUT2D eigenvalue weighted by atomic mass is 10.1. The maximum atomic E-state index is 12.4. The molecule has 0 fully saturated rings. The fourth-order valence-electron chi connectivity index (χ4n) is 2.44. The van der Waals surface area contributed by atoms with Gasteiger partial charge >= 0.3 is 11.9 Å². The molecule has 1 aliphatic heterocycles. The summed E-state index contributed by atoms with van der Waals surface area (Å²) in [4.78, 5) is 36.4. The van der Waals surface area contributed by atoms with E-state index < -0.39 is 23.9 Å². The minimum absolute atomic E-state index is 0.0204. The first-order chi connectivity index (χ1) is 13.0. The van der Waals surface area contributed by atoms with E-state index in [9.17, 15) is 14.4 Å². The van der Waals surface area contributed by atoms with Gasteiger partial charge in [-0.2, -0.15) is 0 Å². The van der Waals surface area contributed by atoms with Crippen molar-refractivity contribution in [1.29, 1.82) is 0 Å². The first-order valence-electron chi connectivity index (χ1n) is 8.08. The molecule has 2 aromatic rings. The lowest BCUT2D eigenvalue weighted by Crippen LogP contribution is -2.30. The van der Waals surface area contributed by atoms with Crippen LogP contribution in [0.3, 0.4) is 0 Å². The highest BCUT2D eigenvalue weighted by Gasteiger charge is 2.24. The van der Waals surface area contributed by atoms with Crippen LogP contribution in [-0.2, 0) is 14.3 Å². The van der Waals surface area contributed by atoms with E-state index >= 15 is 0 Å². The number of amides is 1. The number of fused-ring (bicyclic) bond motifs is 1. The highest BCUT2D eigenvalue weighted by atomic mass is 16.7. The van der Waals surface area contributed by atoms with Gasteiger partial charge in [0.1, 0.15) is 0 Å². The van der Waals surface area contributed by atoms with E-state index in [-0.39, 0.29) is 17.9 Å². The minimum atomic E-state index is -1.09. The molecule has 8 heteroatoms. The lowest BCUT2D eigenvalue weighted by molar-refractivity contribution is -0.123. The predicted molar refractivity (Wildman–Crippen MR) is 93.9 cm³/mol. The Hall–Kier alpha value is -3.55. The summed E-state index contributed by atoms with van der Waals surface area (Å²) in [5.74, 6) is -0.890. The third-order valence-electron chi connectivity index (χ3n) is 3.85. The highest BCUT2D eigenvalue weighted by Crippen LogP contribution is 2.34. The molecule has 1 amide bonds. The van der Waals surface area contributed by atoms with E-state index in [0.29, 0.717) is 17.2 Å². The average molecular weight is 371 g/mol. The Kier molecular flexibility index (Phi) is 5.25. The van der Waals surface area contributed by atoms with Gasteiger partial charge in [0.05, 0.1) is 18.2 Å². The van der Waals surface area contributed by atoms with Crippen LogP contribution in [0.25, 0.3) is 0 Å². The molecule has 2 aromatic carbocycles. The monoisotopic (exact) mass is 371 g/mol. The number of anilines is 1. The quantitative estimate of drug-likeness (QED) is 0.806. The molecule has 1 unspecified atom stereocenters. The number of methoxy groups -OCH3 is 1. The van der Waals surface area contributed by atoms with Crippen LogP contribution in [-0.4, -0.2) is 37.9 Å². The number of benzene rings is 2. The van der Waals surface area contributed by atoms with Gasteiger partial charge < -0.3 is 24.3 Å². The fourth-order valence-corrected chi connectivity index (χ4v) is 2.44. The van der Waals surface area contributed by atoms with Gasteiger partial charge in [0.15, 0.2) is 17.6 Å². The predicted octanol–water partition coefficient (Wildman–Crippen LogP) is 2.39. The normalized spacial score (nSPS) is 12.8. The van der Waals surface area contributed by atoms with Crippen molar-refractivity contribution >= 4 is 23.5 Å². The number of esters is 2. The van der Waals surface area contributed by atoms with Crippen LogP contribution in [0.4, 0.5) is 5.69 Å². The second-order valence-corrected chi connectivity index (χ2v) is 5.64. The molecule has 0 radical (unpaired) electrons. The Morgan fingerprint density at radius 2 is 1.67 bits per heavy atom. The van der Waals surface area contributed by atoms with Gasteiger partial charge in [-0.3, -0.25) is 4.79 Å². The zero-order valence-corrected chi connectivity index (χ0v) is 14.7. The summed E-state index contributed by atoms with van der Waals surface area (Å²) in [6.45, 7) is 1.56. The second-order valence-electron chi connectivity index (χ2n) is 5.64. The smallest absolute Gasteiger partial charge is 0.339 e. The number of hydrogen-bond donors (Lipinski definition) is 1. The summed E-state index contributed by atoms with van der Waals surface area (Å²) in [6, 6.07) is 11.0. The number of rotatable bonds is 5. The molecule has 3 rings (SSSR count). The Bertz CT molecular complexity index is 893. The van der Waals surface area contributed by atoms with Gasteiger partial charge in [0, 0.05) is 11.8 Å². The molecule has 1 N–H and O–H groups in total. The molecule has 140 valence electrons. The summed E-state index contributed by atoms with van der Waals surface area (Å²) in [5, 5.41) is 2.63. The maximum absolute atomic E-state index is 12.4. The van der Waals surface area contributed by atoms with E-state index in [0.717, 1.165) is 0 Å². The topological polar surface area (TPSA) is 100 Å². The van der Waals surface area contributed by atoms with Gasteiger partial charge in [0.25, 0.3) is 5.91 Å². The largest absolute Gasteiger partial charge is 0.465 e. The van der Waals surface area contributed by atoms with Crippen molar-refractivity contribution in [3.63, 3.8) is 0 Å². The summed E-state index contributed by atoms with van der Waals surface area (Å²) in [6.07, 6.45) is -1.09. The van der Waals surface area contributed by atoms with Crippen molar-refractivity contribution in [2.45, 2.75) is 13.0 Å². The average Bonchev–Trinajstić information content (AvgIpc) is 3.15. The molecule has 1 aliphatic rings. The number of nitrogens with one attached hydrogen (secondary N) is 1. The van der Waals surface area contributed by atoms with Crippen molar-refractivity contribution in [3.8, 4) is 11.5 Å². The number of carbonyl (C=O) groups excluding carboxylic acids is 3. The van der Waals surface area contributed by atoms with E-state index in [1.807, 2.05) is 0 Å². The molecule has 1 atom stereocenters. The van der Waals surface area contributed by atoms with Crippen molar-refractivity contribution in [1.82, 2.24) is 0 Å². The molecule has 0 spiro atoms. The molecule has 0 saturated carbocycles. The van der Waals surface area contributed by atoms with Crippen LogP contribution < -0.4 is 14.8 Å². The maximum Gasteiger partial charge on any atom is 0.339 e. The van der Waals surface area contributed by atoms with Gasteiger partial charge in [-0.1, -0.05) is 12.1 Å². The van der Waals surface area contributed by atoms with Crippen molar-refractivity contribution in [2.24, 2.45) is 0 Å². The van der Waals surface area contributed by atoms with Crippen LogP contribution >= 0.6 is 0 Å².